The molecule has 0 unspecified atom stereocenters. The highest BCUT2D eigenvalue weighted by atomic mass is 16.6. The van der Waals surface area contributed by atoms with E-state index < -0.39 is 12.1 Å². The van der Waals surface area contributed by atoms with Gasteiger partial charge in [0.2, 0.25) is 0 Å². The van der Waals surface area contributed by atoms with Crippen LogP contribution in [0, 0.1) is 0 Å². The van der Waals surface area contributed by atoms with E-state index in [-0.39, 0.29) is 11.7 Å². The van der Waals surface area contributed by atoms with Crippen molar-refractivity contribution >= 4 is 16.9 Å². The molecule has 0 radical (unpaired) electrons. The molecule has 0 spiro atoms. The molecule has 1 aliphatic carbocycles. The van der Waals surface area contributed by atoms with Crippen molar-refractivity contribution in [2.45, 2.75) is 65.1 Å². The molecule has 0 aliphatic heterocycles. The fourth-order valence-corrected chi connectivity index (χ4v) is 3.13. The fourth-order valence-electron chi connectivity index (χ4n) is 3.13. The van der Waals surface area contributed by atoms with Crippen LogP contribution in [0.4, 0.5) is 0 Å². The van der Waals surface area contributed by atoms with E-state index >= 15 is 0 Å². The number of hydrogen-bond donors (Lipinski definition) is 0. The van der Waals surface area contributed by atoms with Crippen molar-refractivity contribution in [2.75, 3.05) is 0 Å². The lowest BCUT2D eigenvalue weighted by Crippen LogP contribution is -2.29. The minimum atomic E-state index is -0.726. The molecule has 0 amide bonds. The molecule has 0 saturated heterocycles. The van der Waals surface area contributed by atoms with Gasteiger partial charge < -0.3 is 13.9 Å². The van der Waals surface area contributed by atoms with Crippen LogP contribution in [-0.4, -0.2) is 18.2 Å². The Morgan fingerprint density at radius 3 is 2.64 bits per heavy atom. The SMILES string of the molecule is CC[C@H](C)OC(=O)[C@@H](C)Oc1ccc2c3c(c(=O)oc2c1)CCCC3. The third-order valence-corrected chi connectivity index (χ3v) is 4.73. The second-order valence-electron chi connectivity index (χ2n) is 6.63. The number of benzene rings is 1. The van der Waals surface area contributed by atoms with Gasteiger partial charge in [0.15, 0.2) is 6.10 Å². The van der Waals surface area contributed by atoms with Crippen LogP contribution in [0.3, 0.4) is 0 Å². The normalized spacial score (nSPS) is 16.1. The second-order valence-corrected chi connectivity index (χ2v) is 6.63. The standard InChI is InChI=1S/C20H24O5/c1-4-12(2)23-19(21)13(3)24-14-9-10-16-15-7-5-6-8-17(15)20(22)25-18(16)11-14/h9-13H,4-8H2,1-3H3/t12-,13+/m0/s1. The van der Waals surface area contributed by atoms with Gasteiger partial charge in [0.05, 0.1) is 6.10 Å². The van der Waals surface area contributed by atoms with Gasteiger partial charge in [-0.25, -0.2) is 9.59 Å². The average Bonchev–Trinajstić information content (AvgIpc) is 2.61. The lowest BCUT2D eigenvalue weighted by Gasteiger charge is -2.18. The van der Waals surface area contributed by atoms with Gasteiger partial charge in [0.1, 0.15) is 11.3 Å². The molecule has 0 fully saturated rings. The van der Waals surface area contributed by atoms with Crippen molar-refractivity contribution in [2.24, 2.45) is 0 Å². The molecule has 2 atom stereocenters. The summed E-state index contributed by atoms with van der Waals surface area (Å²) in [7, 11) is 0. The van der Waals surface area contributed by atoms with E-state index in [0.717, 1.165) is 48.6 Å². The molecule has 1 heterocycles. The number of rotatable bonds is 5. The summed E-state index contributed by atoms with van der Waals surface area (Å²) in [5.74, 6) is 0.0846. The molecule has 1 aliphatic rings. The molecule has 5 nitrogen and oxygen atoms in total. The highest BCUT2D eigenvalue weighted by molar-refractivity contribution is 5.83. The van der Waals surface area contributed by atoms with Crippen LogP contribution in [0.5, 0.6) is 5.75 Å². The molecule has 1 aromatic heterocycles. The molecule has 3 rings (SSSR count). The Morgan fingerprint density at radius 1 is 1.20 bits per heavy atom. The summed E-state index contributed by atoms with van der Waals surface area (Å²) in [6, 6.07) is 5.40. The number of aryl methyl sites for hydroxylation is 1. The highest BCUT2D eigenvalue weighted by Crippen LogP contribution is 2.29. The van der Waals surface area contributed by atoms with Crippen molar-refractivity contribution in [1.82, 2.24) is 0 Å². The predicted molar refractivity (Wildman–Crippen MR) is 95.1 cm³/mol. The lowest BCUT2D eigenvalue weighted by atomic mass is 9.91. The van der Waals surface area contributed by atoms with Gasteiger partial charge in [-0.05, 0) is 63.6 Å². The van der Waals surface area contributed by atoms with Gasteiger partial charge in [-0.1, -0.05) is 6.92 Å². The first kappa shape index (κ1) is 17.5. The van der Waals surface area contributed by atoms with E-state index in [4.69, 9.17) is 13.9 Å². The number of carbonyl (C=O) groups is 1. The van der Waals surface area contributed by atoms with Crippen LogP contribution in [0.15, 0.2) is 27.4 Å². The molecule has 25 heavy (non-hydrogen) atoms. The Morgan fingerprint density at radius 2 is 1.92 bits per heavy atom. The monoisotopic (exact) mass is 344 g/mol. The topological polar surface area (TPSA) is 65.7 Å². The number of carbonyl (C=O) groups excluding carboxylic acids is 1. The van der Waals surface area contributed by atoms with Crippen molar-refractivity contribution < 1.29 is 18.7 Å². The van der Waals surface area contributed by atoms with E-state index in [0.29, 0.717) is 11.3 Å². The Hall–Kier alpha value is -2.30. The van der Waals surface area contributed by atoms with E-state index in [1.165, 1.54) is 0 Å². The summed E-state index contributed by atoms with van der Waals surface area (Å²) < 4.78 is 16.4. The summed E-state index contributed by atoms with van der Waals surface area (Å²) in [4.78, 5) is 24.2. The van der Waals surface area contributed by atoms with E-state index in [2.05, 4.69) is 0 Å². The lowest BCUT2D eigenvalue weighted by molar-refractivity contribution is -0.155. The van der Waals surface area contributed by atoms with E-state index in [9.17, 15) is 9.59 Å². The predicted octanol–water partition coefficient (Wildman–Crippen LogP) is 3.78. The summed E-state index contributed by atoms with van der Waals surface area (Å²) >= 11 is 0. The van der Waals surface area contributed by atoms with Crippen molar-refractivity contribution in [3.8, 4) is 5.75 Å². The molecular formula is C20H24O5. The molecule has 5 heteroatoms. The third-order valence-electron chi connectivity index (χ3n) is 4.73. The smallest absolute Gasteiger partial charge is 0.347 e. The van der Waals surface area contributed by atoms with Crippen LogP contribution in [-0.2, 0) is 22.4 Å². The van der Waals surface area contributed by atoms with E-state index in [1.54, 1.807) is 13.0 Å². The zero-order valence-electron chi connectivity index (χ0n) is 15.0. The fraction of sp³-hybridized carbons (Fsp3) is 0.500. The zero-order valence-corrected chi connectivity index (χ0v) is 15.0. The number of ether oxygens (including phenoxy) is 2. The van der Waals surface area contributed by atoms with Crippen molar-refractivity contribution in [1.29, 1.82) is 0 Å². The zero-order chi connectivity index (χ0) is 18.0. The second kappa shape index (κ2) is 7.30. The van der Waals surface area contributed by atoms with Gasteiger partial charge >= 0.3 is 11.6 Å². The molecule has 134 valence electrons. The summed E-state index contributed by atoms with van der Waals surface area (Å²) in [6.07, 6.45) is 3.68. The van der Waals surface area contributed by atoms with Gasteiger partial charge in [-0.3, -0.25) is 0 Å². The highest BCUT2D eigenvalue weighted by Gasteiger charge is 2.21. The molecule has 0 N–H and O–H groups in total. The van der Waals surface area contributed by atoms with E-state index in [1.807, 2.05) is 26.0 Å². The van der Waals surface area contributed by atoms with Crippen LogP contribution >= 0.6 is 0 Å². The van der Waals surface area contributed by atoms with Crippen molar-refractivity contribution in [3.63, 3.8) is 0 Å². The summed E-state index contributed by atoms with van der Waals surface area (Å²) in [5, 5.41) is 0.955. The Bertz CT molecular complexity index is 836. The Balaban J connectivity index is 1.84. The minimum absolute atomic E-state index is 0.139. The summed E-state index contributed by atoms with van der Waals surface area (Å²) in [6.45, 7) is 5.45. The first-order valence-corrected chi connectivity index (χ1v) is 8.95. The molecule has 2 aromatic rings. The molecule has 0 saturated carbocycles. The summed E-state index contributed by atoms with van der Waals surface area (Å²) in [5.41, 5.74) is 2.14. The molecule has 0 bridgehead atoms. The molecular weight excluding hydrogens is 320 g/mol. The van der Waals surface area contributed by atoms with Crippen LogP contribution < -0.4 is 10.4 Å². The van der Waals surface area contributed by atoms with Gasteiger partial charge in [-0.2, -0.15) is 0 Å². The van der Waals surface area contributed by atoms with Gasteiger partial charge in [0, 0.05) is 17.0 Å². The van der Waals surface area contributed by atoms with Gasteiger partial charge in [-0.15, -0.1) is 0 Å². The third kappa shape index (κ3) is 3.70. The van der Waals surface area contributed by atoms with Gasteiger partial charge in [0.25, 0.3) is 0 Å². The number of hydrogen-bond acceptors (Lipinski definition) is 5. The Labute approximate surface area is 146 Å². The van der Waals surface area contributed by atoms with Crippen LogP contribution in [0.25, 0.3) is 11.0 Å². The largest absolute Gasteiger partial charge is 0.479 e. The maximum absolute atomic E-state index is 12.2. The molecule has 1 aromatic carbocycles. The van der Waals surface area contributed by atoms with Crippen LogP contribution in [0.2, 0.25) is 0 Å². The van der Waals surface area contributed by atoms with Crippen LogP contribution in [0.1, 0.15) is 51.2 Å². The first-order chi connectivity index (χ1) is 12.0. The average molecular weight is 344 g/mol. The first-order valence-electron chi connectivity index (χ1n) is 8.95. The minimum Gasteiger partial charge on any atom is -0.479 e. The number of esters is 1. The van der Waals surface area contributed by atoms with Crippen molar-refractivity contribution in [3.05, 3.63) is 39.7 Å². The number of fused-ring (bicyclic) bond motifs is 3. The Kier molecular flexibility index (Phi) is 5.11. The maximum atomic E-state index is 12.2. The quantitative estimate of drug-likeness (QED) is 0.610. The maximum Gasteiger partial charge on any atom is 0.347 e.